The van der Waals surface area contributed by atoms with Crippen molar-refractivity contribution in [2.75, 3.05) is 12.3 Å². The van der Waals surface area contributed by atoms with Crippen molar-refractivity contribution in [3.8, 4) is 0 Å². The Labute approximate surface area is 132 Å². The van der Waals surface area contributed by atoms with Crippen molar-refractivity contribution >= 4 is 41.0 Å². The van der Waals surface area contributed by atoms with Crippen LogP contribution in [-0.4, -0.2) is 40.5 Å². The molecule has 5 nitrogen and oxygen atoms in total. The number of amides is 1. The molecule has 0 fully saturated rings. The number of carboxylic acids is 1. The predicted molar refractivity (Wildman–Crippen MR) is 86.0 cm³/mol. The Morgan fingerprint density at radius 3 is 2.90 bits per heavy atom. The number of carbonyl (C=O) groups excluding carboxylic acids is 1. The number of nitrogens with zero attached hydrogens (tertiary/aromatic N) is 1. The SMILES string of the molecule is CC(=O)NC(CSc1cccc(CCN=C=S)c1)C(=O)O. The molecule has 1 atom stereocenters. The maximum Gasteiger partial charge on any atom is 0.327 e. The summed E-state index contributed by atoms with van der Waals surface area (Å²) < 4.78 is 0. The highest BCUT2D eigenvalue weighted by Crippen LogP contribution is 2.20. The fraction of sp³-hybridized carbons (Fsp3) is 0.357. The van der Waals surface area contributed by atoms with Crippen molar-refractivity contribution in [3.05, 3.63) is 29.8 Å². The van der Waals surface area contributed by atoms with Crippen LogP contribution in [0.4, 0.5) is 0 Å². The second kappa shape index (κ2) is 9.28. The molecule has 1 amide bonds. The lowest BCUT2D eigenvalue weighted by molar-refractivity contribution is -0.140. The Kier molecular flexibility index (Phi) is 7.68. The maximum atomic E-state index is 11.0. The number of isothiocyanates is 1. The zero-order valence-corrected chi connectivity index (χ0v) is 13.2. The number of rotatable bonds is 8. The van der Waals surface area contributed by atoms with E-state index in [0.29, 0.717) is 6.54 Å². The number of carboxylic acid groups (broad SMARTS) is 1. The zero-order valence-electron chi connectivity index (χ0n) is 11.5. The van der Waals surface area contributed by atoms with Crippen LogP contribution in [0.2, 0.25) is 0 Å². The Morgan fingerprint density at radius 1 is 1.52 bits per heavy atom. The first-order chi connectivity index (χ1) is 10.0. The van der Waals surface area contributed by atoms with E-state index in [1.807, 2.05) is 24.3 Å². The van der Waals surface area contributed by atoms with Gasteiger partial charge in [0, 0.05) is 17.6 Å². The number of benzene rings is 1. The number of thiocarbonyl (C=S) groups is 1. The molecular weight excluding hydrogens is 308 g/mol. The first-order valence-electron chi connectivity index (χ1n) is 6.28. The van der Waals surface area contributed by atoms with E-state index in [9.17, 15) is 9.59 Å². The van der Waals surface area contributed by atoms with Gasteiger partial charge in [0.05, 0.1) is 11.7 Å². The van der Waals surface area contributed by atoms with Gasteiger partial charge in [0.2, 0.25) is 5.91 Å². The van der Waals surface area contributed by atoms with Gasteiger partial charge in [-0.3, -0.25) is 4.79 Å². The number of hydrogen-bond acceptors (Lipinski definition) is 5. The van der Waals surface area contributed by atoms with Crippen LogP contribution in [0.3, 0.4) is 0 Å². The van der Waals surface area contributed by atoms with Crippen molar-refractivity contribution < 1.29 is 14.7 Å². The first-order valence-corrected chi connectivity index (χ1v) is 7.67. The zero-order chi connectivity index (χ0) is 15.7. The van der Waals surface area contributed by atoms with Crippen molar-refractivity contribution in [2.24, 2.45) is 4.99 Å². The molecule has 112 valence electrons. The lowest BCUT2D eigenvalue weighted by Crippen LogP contribution is -2.41. The molecule has 0 aliphatic carbocycles. The van der Waals surface area contributed by atoms with E-state index in [0.717, 1.165) is 16.9 Å². The molecular formula is C14H16N2O3S2. The summed E-state index contributed by atoms with van der Waals surface area (Å²) in [6, 6.07) is 6.88. The average molecular weight is 324 g/mol. The molecule has 0 aliphatic heterocycles. The topological polar surface area (TPSA) is 78.8 Å². The van der Waals surface area contributed by atoms with Crippen LogP contribution in [0.25, 0.3) is 0 Å². The summed E-state index contributed by atoms with van der Waals surface area (Å²) in [5.41, 5.74) is 1.10. The van der Waals surface area contributed by atoms with Crippen LogP contribution in [0.15, 0.2) is 34.2 Å². The normalized spacial score (nSPS) is 11.3. The van der Waals surface area contributed by atoms with E-state index in [1.165, 1.54) is 18.7 Å². The minimum atomic E-state index is -1.04. The molecule has 0 aromatic heterocycles. The highest BCUT2D eigenvalue weighted by molar-refractivity contribution is 7.99. The third-order valence-corrected chi connectivity index (χ3v) is 3.78. The van der Waals surface area contributed by atoms with Crippen LogP contribution in [0, 0.1) is 0 Å². The van der Waals surface area contributed by atoms with E-state index < -0.39 is 12.0 Å². The molecule has 1 unspecified atom stereocenters. The quantitative estimate of drug-likeness (QED) is 0.434. The second-order valence-corrected chi connectivity index (χ2v) is 5.55. The smallest absolute Gasteiger partial charge is 0.327 e. The number of aliphatic carboxylic acids is 1. The summed E-state index contributed by atoms with van der Waals surface area (Å²) in [5, 5.41) is 13.8. The number of carbonyl (C=O) groups is 2. The van der Waals surface area contributed by atoms with E-state index in [2.05, 4.69) is 27.7 Å². The second-order valence-electron chi connectivity index (χ2n) is 4.27. The molecule has 0 spiro atoms. The molecule has 1 aromatic rings. The lowest BCUT2D eigenvalue weighted by Gasteiger charge is -2.13. The highest BCUT2D eigenvalue weighted by Gasteiger charge is 2.18. The van der Waals surface area contributed by atoms with Crippen molar-refractivity contribution in [3.63, 3.8) is 0 Å². The van der Waals surface area contributed by atoms with E-state index in [1.54, 1.807) is 0 Å². The van der Waals surface area contributed by atoms with Gasteiger partial charge in [0.25, 0.3) is 0 Å². The third-order valence-electron chi connectivity index (χ3n) is 2.57. The summed E-state index contributed by atoms with van der Waals surface area (Å²) in [6.45, 7) is 1.89. The number of thioether (sulfide) groups is 1. The summed E-state index contributed by atoms with van der Waals surface area (Å²) in [7, 11) is 0. The van der Waals surface area contributed by atoms with Crippen LogP contribution >= 0.6 is 24.0 Å². The minimum absolute atomic E-state index is 0.274. The molecule has 0 bridgehead atoms. The van der Waals surface area contributed by atoms with Gasteiger partial charge in [-0.15, -0.1) is 11.8 Å². The lowest BCUT2D eigenvalue weighted by atomic mass is 10.1. The molecule has 0 saturated heterocycles. The van der Waals surface area contributed by atoms with Gasteiger partial charge in [-0.25, -0.2) is 9.79 Å². The van der Waals surface area contributed by atoms with Crippen LogP contribution < -0.4 is 5.32 Å². The van der Waals surface area contributed by atoms with Gasteiger partial charge in [-0.1, -0.05) is 12.1 Å². The fourth-order valence-electron chi connectivity index (χ4n) is 1.62. The highest BCUT2D eigenvalue weighted by atomic mass is 32.2. The Hall–Kier alpha value is -1.69. The average Bonchev–Trinajstić information content (AvgIpc) is 2.43. The Bertz CT molecular complexity index is 557. The van der Waals surface area contributed by atoms with Gasteiger partial charge >= 0.3 is 5.97 Å². The third kappa shape index (κ3) is 7.04. The molecule has 1 rings (SSSR count). The monoisotopic (exact) mass is 324 g/mol. The summed E-state index contributed by atoms with van der Waals surface area (Å²) >= 11 is 5.90. The van der Waals surface area contributed by atoms with Crippen molar-refractivity contribution in [2.45, 2.75) is 24.3 Å². The van der Waals surface area contributed by atoms with E-state index >= 15 is 0 Å². The minimum Gasteiger partial charge on any atom is -0.480 e. The molecule has 21 heavy (non-hydrogen) atoms. The van der Waals surface area contributed by atoms with Gasteiger partial charge in [-0.2, -0.15) is 0 Å². The predicted octanol–water partition coefficient (Wildman–Crippen LogP) is 2.01. The Balaban J connectivity index is 2.61. The maximum absolute atomic E-state index is 11.0. The molecule has 1 aromatic carbocycles. The summed E-state index contributed by atoms with van der Waals surface area (Å²) in [6.07, 6.45) is 0.756. The van der Waals surface area contributed by atoms with Gasteiger partial charge < -0.3 is 10.4 Å². The summed E-state index contributed by atoms with van der Waals surface area (Å²) in [4.78, 5) is 26.8. The van der Waals surface area contributed by atoms with E-state index in [4.69, 9.17) is 5.11 Å². The summed E-state index contributed by atoms with van der Waals surface area (Å²) in [5.74, 6) is -1.12. The molecule has 2 N–H and O–H groups in total. The number of nitrogens with one attached hydrogen (secondary N) is 1. The van der Waals surface area contributed by atoms with Gasteiger partial charge in [-0.05, 0) is 36.3 Å². The number of hydrogen-bond donors (Lipinski definition) is 2. The van der Waals surface area contributed by atoms with Gasteiger partial charge in [0.1, 0.15) is 6.04 Å². The number of aliphatic imine (C=N–C) groups is 1. The van der Waals surface area contributed by atoms with Crippen LogP contribution in [0.5, 0.6) is 0 Å². The first kappa shape index (κ1) is 17.4. The molecule has 0 heterocycles. The molecule has 7 heteroatoms. The molecule has 0 radical (unpaired) electrons. The van der Waals surface area contributed by atoms with E-state index in [-0.39, 0.29) is 11.7 Å². The fourth-order valence-corrected chi connectivity index (χ4v) is 2.71. The molecule has 0 aliphatic rings. The van der Waals surface area contributed by atoms with Crippen molar-refractivity contribution in [1.82, 2.24) is 5.32 Å². The Morgan fingerprint density at radius 2 is 2.29 bits per heavy atom. The van der Waals surface area contributed by atoms with Crippen LogP contribution in [0.1, 0.15) is 12.5 Å². The van der Waals surface area contributed by atoms with Crippen LogP contribution in [-0.2, 0) is 16.0 Å². The van der Waals surface area contributed by atoms with Gasteiger partial charge in [0.15, 0.2) is 0 Å². The standard InChI is InChI=1S/C14H16N2O3S2/c1-10(17)16-13(14(18)19)8-21-12-4-2-3-11(7-12)5-6-15-9-20/h2-4,7,13H,5-6,8H2,1H3,(H,16,17)(H,18,19). The largest absolute Gasteiger partial charge is 0.480 e. The molecule has 0 saturated carbocycles. The van der Waals surface area contributed by atoms with Crippen molar-refractivity contribution in [1.29, 1.82) is 0 Å².